The van der Waals surface area contributed by atoms with E-state index in [0.29, 0.717) is 31.3 Å². The first kappa shape index (κ1) is 17.0. The van der Waals surface area contributed by atoms with Crippen LogP contribution in [-0.2, 0) is 16.1 Å². The predicted molar refractivity (Wildman–Crippen MR) is 90.9 cm³/mol. The van der Waals surface area contributed by atoms with Gasteiger partial charge >= 0.3 is 0 Å². The molecule has 2 fully saturated rings. The minimum Gasteiger partial charge on any atom is -0.385 e. The number of piperidine rings is 1. The number of amides is 2. The van der Waals surface area contributed by atoms with E-state index < -0.39 is 0 Å². The fourth-order valence-corrected chi connectivity index (χ4v) is 4.02. The van der Waals surface area contributed by atoms with Gasteiger partial charge in [0.2, 0.25) is 5.91 Å². The Morgan fingerprint density at radius 3 is 2.83 bits per heavy atom. The number of nitrogens with zero attached hydrogens (tertiary/aromatic N) is 2. The second-order valence-electron chi connectivity index (χ2n) is 7.02. The van der Waals surface area contributed by atoms with E-state index in [9.17, 15) is 9.59 Å². The second kappa shape index (κ2) is 6.97. The molecule has 0 saturated carbocycles. The van der Waals surface area contributed by atoms with Crippen molar-refractivity contribution in [2.45, 2.75) is 33.2 Å². The molecule has 1 aromatic rings. The number of ether oxygens (including phenoxy) is 1. The molecule has 2 aliphatic rings. The number of aromatic nitrogens is 1. The monoisotopic (exact) mass is 333 g/mol. The lowest BCUT2D eigenvalue weighted by Crippen LogP contribution is -2.40. The van der Waals surface area contributed by atoms with Crippen LogP contribution in [-0.4, -0.2) is 54.6 Å². The molecule has 2 amide bonds. The summed E-state index contributed by atoms with van der Waals surface area (Å²) in [5.74, 6) is 0.926. The van der Waals surface area contributed by atoms with Gasteiger partial charge in [0, 0.05) is 57.7 Å². The zero-order chi connectivity index (χ0) is 17.3. The number of hydrogen-bond acceptors (Lipinski definition) is 3. The van der Waals surface area contributed by atoms with Crippen LogP contribution < -0.4 is 5.32 Å². The van der Waals surface area contributed by atoms with Crippen LogP contribution in [0, 0.1) is 25.7 Å². The fourth-order valence-electron chi connectivity index (χ4n) is 4.02. The molecule has 0 spiro atoms. The number of nitrogens with one attached hydrogen (secondary N) is 1. The average molecular weight is 333 g/mol. The maximum Gasteiger partial charge on any atom is 0.255 e. The van der Waals surface area contributed by atoms with Gasteiger partial charge in [0.15, 0.2) is 0 Å². The summed E-state index contributed by atoms with van der Waals surface area (Å²) < 4.78 is 7.31. The van der Waals surface area contributed by atoms with Crippen molar-refractivity contribution in [1.29, 1.82) is 0 Å². The first-order valence-electron chi connectivity index (χ1n) is 8.73. The largest absolute Gasteiger partial charge is 0.385 e. The van der Waals surface area contributed by atoms with Crippen molar-refractivity contribution in [3.63, 3.8) is 0 Å². The van der Waals surface area contributed by atoms with Crippen LogP contribution in [0.1, 0.15) is 34.6 Å². The molecule has 132 valence electrons. The van der Waals surface area contributed by atoms with Gasteiger partial charge in [-0.3, -0.25) is 9.59 Å². The standard InChI is InChI=1S/C18H27N3O3/c1-12-7-16(13(2)21(12)5-4-6-24-3)18(23)20-10-14-8-17(22)19-9-15(14)11-20/h7,14-15H,4-6,8-11H2,1-3H3,(H,19,22). The molecule has 1 N–H and O–H groups in total. The average Bonchev–Trinajstić information content (AvgIpc) is 3.09. The first-order valence-corrected chi connectivity index (χ1v) is 8.73. The fraction of sp³-hybridized carbons (Fsp3) is 0.667. The second-order valence-corrected chi connectivity index (χ2v) is 7.02. The SMILES string of the molecule is COCCCn1c(C)cc(C(=O)N2CC3CNC(=O)CC3C2)c1C. The van der Waals surface area contributed by atoms with Crippen molar-refractivity contribution in [3.05, 3.63) is 23.0 Å². The molecular formula is C18H27N3O3. The normalized spacial score (nSPS) is 23.3. The van der Waals surface area contributed by atoms with Crippen LogP contribution in [0.5, 0.6) is 0 Å². The summed E-state index contributed by atoms with van der Waals surface area (Å²) in [7, 11) is 1.71. The number of rotatable bonds is 5. The number of carbonyl (C=O) groups is 2. The molecule has 2 aliphatic heterocycles. The Kier molecular flexibility index (Phi) is 4.94. The van der Waals surface area contributed by atoms with Gasteiger partial charge in [0.1, 0.15) is 0 Å². The highest BCUT2D eigenvalue weighted by molar-refractivity contribution is 5.96. The number of fused-ring (bicyclic) bond motifs is 1. The van der Waals surface area contributed by atoms with Crippen LogP contribution in [0.2, 0.25) is 0 Å². The molecule has 2 saturated heterocycles. The molecule has 2 unspecified atom stereocenters. The molecule has 6 heteroatoms. The number of aryl methyl sites for hydroxylation is 1. The van der Waals surface area contributed by atoms with Crippen molar-refractivity contribution in [2.24, 2.45) is 11.8 Å². The summed E-state index contributed by atoms with van der Waals surface area (Å²) in [6.45, 7) is 7.79. The van der Waals surface area contributed by atoms with Crippen molar-refractivity contribution in [3.8, 4) is 0 Å². The highest BCUT2D eigenvalue weighted by Crippen LogP contribution is 2.30. The summed E-state index contributed by atoms with van der Waals surface area (Å²) in [4.78, 5) is 26.4. The summed E-state index contributed by atoms with van der Waals surface area (Å²) in [6, 6.07) is 2.00. The summed E-state index contributed by atoms with van der Waals surface area (Å²) >= 11 is 0. The minimum absolute atomic E-state index is 0.0999. The van der Waals surface area contributed by atoms with Crippen LogP contribution in [0.25, 0.3) is 0 Å². The van der Waals surface area contributed by atoms with Crippen molar-refractivity contribution < 1.29 is 14.3 Å². The number of carbonyl (C=O) groups excluding carboxylic acids is 2. The zero-order valence-corrected chi connectivity index (χ0v) is 14.8. The minimum atomic E-state index is 0.0999. The third-order valence-electron chi connectivity index (χ3n) is 5.41. The van der Waals surface area contributed by atoms with E-state index in [4.69, 9.17) is 4.74 Å². The highest BCUT2D eigenvalue weighted by atomic mass is 16.5. The van der Waals surface area contributed by atoms with Crippen molar-refractivity contribution >= 4 is 11.8 Å². The molecule has 24 heavy (non-hydrogen) atoms. The summed E-state index contributed by atoms with van der Waals surface area (Å²) in [5.41, 5.74) is 2.93. The van der Waals surface area contributed by atoms with Gasteiger partial charge in [0.25, 0.3) is 5.91 Å². The molecule has 3 rings (SSSR count). The summed E-state index contributed by atoms with van der Waals surface area (Å²) in [5, 5.41) is 2.91. The van der Waals surface area contributed by atoms with Gasteiger partial charge in [-0.25, -0.2) is 0 Å². The number of hydrogen-bond donors (Lipinski definition) is 1. The van der Waals surface area contributed by atoms with Crippen LogP contribution in [0.3, 0.4) is 0 Å². The Balaban J connectivity index is 1.71. The third kappa shape index (κ3) is 3.20. The molecule has 0 aliphatic carbocycles. The van der Waals surface area contributed by atoms with E-state index in [0.717, 1.165) is 43.1 Å². The van der Waals surface area contributed by atoms with E-state index in [1.165, 1.54) is 0 Å². The van der Waals surface area contributed by atoms with Gasteiger partial charge < -0.3 is 19.5 Å². The Labute approximate surface area is 143 Å². The molecular weight excluding hydrogens is 306 g/mol. The highest BCUT2D eigenvalue weighted by Gasteiger charge is 2.39. The Bertz CT molecular complexity index is 638. The third-order valence-corrected chi connectivity index (χ3v) is 5.41. The Morgan fingerprint density at radius 2 is 2.08 bits per heavy atom. The van der Waals surface area contributed by atoms with Crippen LogP contribution in [0.15, 0.2) is 6.07 Å². The smallest absolute Gasteiger partial charge is 0.255 e. The van der Waals surface area contributed by atoms with E-state index >= 15 is 0 Å². The number of methoxy groups -OCH3 is 1. The predicted octanol–water partition coefficient (Wildman–Crippen LogP) is 1.35. The Hall–Kier alpha value is -1.82. The van der Waals surface area contributed by atoms with Gasteiger partial charge in [0.05, 0.1) is 5.56 Å². The zero-order valence-electron chi connectivity index (χ0n) is 14.8. The van der Waals surface area contributed by atoms with Gasteiger partial charge in [-0.2, -0.15) is 0 Å². The lowest BCUT2D eigenvalue weighted by Gasteiger charge is -2.23. The molecule has 6 nitrogen and oxygen atoms in total. The van der Waals surface area contributed by atoms with Crippen molar-refractivity contribution in [2.75, 3.05) is 33.4 Å². The van der Waals surface area contributed by atoms with E-state index in [1.54, 1.807) is 7.11 Å². The lowest BCUT2D eigenvalue weighted by atomic mass is 9.89. The lowest BCUT2D eigenvalue weighted by molar-refractivity contribution is -0.124. The van der Waals surface area contributed by atoms with E-state index in [2.05, 4.69) is 9.88 Å². The Morgan fingerprint density at radius 1 is 1.33 bits per heavy atom. The van der Waals surface area contributed by atoms with Gasteiger partial charge in [-0.05, 0) is 38.2 Å². The van der Waals surface area contributed by atoms with Crippen molar-refractivity contribution in [1.82, 2.24) is 14.8 Å². The van der Waals surface area contributed by atoms with E-state index in [1.807, 2.05) is 24.8 Å². The van der Waals surface area contributed by atoms with Gasteiger partial charge in [-0.15, -0.1) is 0 Å². The topological polar surface area (TPSA) is 63.6 Å². The molecule has 0 bridgehead atoms. The quantitative estimate of drug-likeness (QED) is 0.828. The van der Waals surface area contributed by atoms with Crippen LogP contribution in [0.4, 0.5) is 0 Å². The summed E-state index contributed by atoms with van der Waals surface area (Å²) in [6.07, 6.45) is 1.48. The van der Waals surface area contributed by atoms with Gasteiger partial charge in [-0.1, -0.05) is 0 Å². The molecule has 0 aromatic carbocycles. The maximum atomic E-state index is 13.0. The molecule has 2 atom stereocenters. The maximum absolute atomic E-state index is 13.0. The van der Waals surface area contributed by atoms with E-state index in [-0.39, 0.29) is 11.8 Å². The van der Waals surface area contributed by atoms with Crippen LogP contribution >= 0.6 is 0 Å². The first-order chi connectivity index (χ1) is 11.5. The number of likely N-dealkylation sites (tertiary alicyclic amines) is 1. The molecule has 1 aromatic heterocycles. The molecule has 0 radical (unpaired) electrons. The molecule has 3 heterocycles.